The maximum absolute atomic E-state index is 5.36. The molecule has 2 rings (SSSR count). The molecule has 0 aromatic carbocycles. The van der Waals surface area contributed by atoms with Crippen LogP contribution in [0.25, 0.3) is 0 Å². The van der Waals surface area contributed by atoms with Gasteiger partial charge in [0.1, 0.15) is 0 Å². The first-order valence-corrected chi connectivity index (χ1v) is 5.92. The maximum Gasteiger partial charge on any atom is 0.0764 e. The Morgan fingerprint density at radius 2 is 2.44 bits per heavy atom. The average molecular weight is 231 g/mol. The Kier molecular flexibility index (Phi) is 3.40. The molecule has 0 aliphatic rings. The molecule has 3 nitrogen and oxygen atoms in total. The van der Waals surface area contributed by atoms with E-state index >= 15 is 0 Å². The van der Waals surface area contributed by atoms with Crippen molar-refractivity contribution >= 4 is 11.3 Å². The number of hydrogen-bond acceptors (Lipinski definition) is 3. The molecule has 2 heterocycles. The van der Waals surface area contributed by atoms with Gasteiger partial charge >= 0.3 is 0 Å². The molecule has 16 heavy (non-hydrogen) atoms. The Bertz CT molecular complexity index is 528. The van der Waals surface area contributed by atoms with Crippen LogP contribution in [0.15, 0.2) is 23.8 Å². The SMILES string of the molecule is Cc1cnn(Cc2sccc2C#CCN)c1. The molecule has 2 aromatic heterocycles. The predicted molar refractivity (Wildman–Crippen MR) is 66.3 cm³/mol. The van der Waals surface area contributed by atoms with E-state index in [4.69, 9.17) is 5.73 Å². The van der Waals surface area contributed by atoms with Crippen molar-refractivity contribution in [1.29, 1.82) is 0 Å². The van der Waals surface area contributed by atoms with E-state index in [1.807, 2.05) is 35.4 Å². The molecule has 0 amide bonds. The summed E-state index contributed by atoms with van der Waals surface area (Å²) in [6.07, 6.45) is 3.89. The van der Waals surface area contributed by atoms with Gasteiger partial charge in [0.2, 0.25) is 0 Å². The van der Waals surface area contributed by atoms with Gasteiger partial charge in [0.15, 0.2) is 0 Å². The van der Waals surface area contributed by atoms with Crippen LogP contribution in [0.1, 0.15) is 16.0 Å². The van der Waals surface area contributed by atoms with Crippen LogP contribution in [0.3, 0.4) is 0 Å². The standard InChI is InChI=1S/C12H13N3S/c1-10-7-14-15(8-10)9-12-11(3-2-5-13)4-6-16-12/h4,6-8H,5,9,13H2,1H3. The Labute approximate surface area is 98.9 Å². The highest BCUT2D eigenvalue weighted by Gasteiger charge is 2.03. The maximum atomic E-state index is 5.36. The van der Waals surface area contributed by atoms with E-state index < -0.39 is 0 Å². The van der Waals surface area contributed by atoms with Gasteiger partial charge in [-0.1, -0.05) is 11.8 Å². The summed E-state index contributed by atoms with van der Waals surface area (Å²) in [5.41, 5.74) is 7.59. The molecule has 2 aromatic rings. The molecule has 0 spiro atoms. The van der Waals surface area contributed by atoms with Gasteiger partial charge in [-0.25, -0.2) is 0 Å². The fourth-order valence-electron chi connectivity index (χ4n) is 1.42. The number of nitrogens with two attached hydrogens (primary N) is 1. The van der Waals surface area contributed by atoms with Crippen LogP contribution < -0.4 is 5.73 Å². The van der Waals surface area contributed by atoms with E-state index in [9.17, 15) is 0 Å². The summed E-state index contributed by atoms with van der Waals surface area (Å²) in [6.45, 7) is 3.21. The predicted octanol–water partition coefficient (Wildman–Crippen LogP) is 1.61. The van der Waals surface area contributed by atoms with Crippen LogP contribution in [-0.4, -0.2) is 16.3 Å². The van der Waals surface area contributed by atoms with Gasteiger partial charge in [-0.15, -0.1) is 11.3 Å². The minimum absolute atomic E-state index is 0.399. The van der Waals surface area contributed by atoms with E-state index in [0.29, 0.717) is 6.54 Å². The number of thiophene rings is 1. The summed E-state index contributed by atoms with van der Waals surface area (Å²) in [6, 6.07) is 2.03. The lowest BCUT2D eigenvalue weighted by molar-refractivity contribution is 0.693. The highest BCUT2D eigenvalue weighted by atomic mass is 32.1. The summed E-state index contributed by atoms with van der Waals surface area (Å²) < 4.78 is 1.93. The zero-order valence-electron chi connectivity index (χ0n) is 9.10. The Hall–Kier alpha value is -1.57. The summed E-state index contributed by atoms with van der Waals surface area (Å²) in [5.74, 6) is 5.95. The monoisotopic (exact) mass is 231 g/mol. The lowest BCUT2D eigenvalue weighted by atomic mass is 10.2. The molecule has 0 atom stereocenters. The fourth-order valence-corrected chi connectivity index (χ4v) is 2.24. The van der Waals surface area contributed by atoms with Gasteiger partial charge in [-0.3, -0.25) is 4.68 Å². The molecule has 0 fully saturated rings. The van der Waals surface area contributed by atoms with Gasteiger partial charge in [0.05, 0.1) is 19.3 Å². The first kappa shape index (κ1) is 10.9. The smallest absolute Gasteiger partial charge is 0.0764 e. The summed E-state index contributed by atoms with van der Waals surface area (Å²) in [5, 5.41) is 6.31. The van der Waals surface area contributed by atoms with E-state index in [-0.39, 0.29) is 0 Å². The van der Waals surface area contributed by atoms with Crippen molar-refractivity contribution in [3.63, 3.8) is 0 Å². The van der Waals surface area contributed by atoms with Crippen LogP contribution in [0, 0.1) is 18.8 Å². The number of hydrogen-bond donors (Lipinski definition) is 1. The van der Waals surface area contributed by atoms with Crippen LogP contribution in [0.2, 0.25) is 0 Å². The summed E-state index contributed by atoms with van der Waals surface area (Å²) in [7, 11) is 0. The third kappa shape index (κ3) is 2.51. The second-order valence-electron chi connectivity index (χ2n) is 3.48. The van der Waals surface area contributed by atoms with Crippen molar-refractivity contribution < 1.29 is 0 Å². The minimum atomic E-state index is 0.399. The second kappa shape index (κ2) is 4.97. The zero-order chi connectivity index (χ0) is 11.4. The molecule has 4 heteroatoms. The number of aryl methyl sites for hydroxylation is 1. The minimum Gasteiger partial charge on any atom is -0.320 e. The quantitative estimate of drug-likeness (QED) is 0.798. The van der Waals surface area contributed by atoms with Crippen LogP contribution in [0.5, 0.6) is 0 Å². The second-order valence-corrected chi connectivity index (χ2v) is 4.48. The molecule has 0 bridgehead atoms. The Morgan fingerprint density at radius 3 is 3.12 bits per heavy atom. The number of nitrogens with zero attached hydrogens (tertiary/aromatic N) is 2. The first-order chi connectivity index (χ1) is 7.79. The fraction of sp³-hybridized carbons (Fsp3) is 0.250. The van der Waals surface area contributed by atoms with Gasteiger partial charge in [-0.05, 0) is 23.9 Å². The molecule has 0 aliphatic carbocycles. The highest BCUT2D eigenvalue weighted by Crippen LogP contribution is 2.17. The molecule has 0 radical (unpaired) electrons. The lowest BCUT2D eigenvalue weighted by Gasteiger charge is -1.99. The zero-order valence-corrected chi connectivity index (χ0v) is 9.92. The van der Waals surface area contributed by atoms with E-state index in [1.54, 1.807) is 11.3 Å². The molecule has 0 saturated carbocycles. The van der Waals surface area contributed by atoms with Gasteiger partial charge in [0.25, 0.3) is 0 Å². The molecule has 0 aliphatic heterocycles. The van der Waals surface area contributed by atoms with E-state index in [0.717, 1.165) is 12.1 Å². The van der Waals surface area contributed by atoms with Crippen molar-refractivity contribution in [3.8, 4) is 11.8 Å². The molecule has 0 saturated heterocycles. The molecule has 0 unspecified atom stereocenters. The molecule has 82 valence electrons. The third-order valence-corrected chi connectivity index (χ3v) is 3.04. The summed E-state index contributed by atoms with van der Waals surface area (Å²) >= 11 is 1.70. The number of aromatic nitrogens is 2. The Balaban J connectivity index is 2.18. The largest absolute Gasteiger partial charge is 0.320 e. The molecular weight excluding hydrogens is 218 g/mol. The van der Waals surface area contributed by atoms with Crippen LogP contribution >= 0.6 is 11.3 Å². The van der Waals surface area contributed by atoms with Crippen molar-refractivity contribution in [2.75, 3.05) is 6.54 Å². The van der Waals surface area contributed by atoms with Gasteiger partial charge < -0.3 is 5.73 Å². The van der Waals surface area contributed by atoms with Crippen molar-refractivity contribution in [2.24, 2.45) is 5.73 Å². The van der Waals surface area contributed by atoms with Gasteiger partial charge in [0, 0.05) is 16.6 Å². The Morgan fingerprint density at radius 1 is 1.56 bits per heavy atom. The topological polar surface area (TPSA) is 43.8 Å². The normalized spacial score (nSPS) is 9.88. The summed E-state index contributed by atoms with van der Waals surface area (Å²) in [4.78, 5) is 1.23. The lowest BCUT2D eigenvalue weighted by Crippen LogP contribution is -1.99. The molecular formula is C12H13N3S. The van der Waals surface area contributed by atoms with Crippen molar-refractivity contribution in [1.82, 2.24) is 9.78 Å². The van der Waals surface area contributed by atoms with Crippen molar-refractivity contribution in [2.45, 2.75) is 13.5 Å². The molecule has 2 N–H and O–H groups in total. The van der Waals surface area contributed by atoms with Crippen LogP contribution in [0.4, 0.5) is 0 Å². The van der Waals surface area contributed by atoms with E-state index in [2.05, 4.69) is 16.9 Å². The number of rotatable bonds is 2. The highest BCUT2D eigenvalue weighted by molar-refractivity contribution is 7.10. The first-order valence-electron chi connectivity index (χ1n) is 5.04. The third-order valence-electron chi connectivity index (χ3n) is 2.14. The average Bonchev–Trinajstić information content (AvgIpc) is 2.86. The van der Waals surface area contributed by atoms with Crippen molar-refractivity contribution in [3.05, 3.63) is 39.8 Å². The van der Waals surface area contributed by atoms with Gasteiger partial charge in [-0.2, -0.15) is 5.10 Å². The van der Waals surface area contributed by atoms with E-state index in [1.165, 1.54) is 10.4 Å². The van der Waals surface area contributed by atoms with Crippen LogP contribution in [-0.2, 0) is 6.54 Å².